The van der Waals surface area contributed by atoms with Crippen LogP contribution in [0.4, 0.5) is 33.3 Å². The number of hydrogen-bond acceptors (Lipinski definition) is 8. The molecule has 2 aromatic carbocycles. The predicted octanol–water partition coefficient (Wildman–Crippen LogP) is 6.84. The Bertz CT molecular complexity index is 1560. The molecule has 0 bridgehead atoms. The molecule has 234 valence electrons. The number of anilines is 2. The fraction of sp³-hybridized carbons (Fsp3) is 0.267. The molecule has 0 aliphatic carbocycles. The van der Waals surface area contributed by atoms with Gasteiger partial charge in [-0.05, 0) is 43.4 Å². The van der Waals surface area contributed by atoms with Crippen molar-refractivity contribution in [1.82, 2.24) is 24.4 Å². The van der Waals surface area contributed by atoms with Gasteiger partial charge in [0.2, 0.25) is 0 Å². The number of aliphatic hydroxyl groups excluding tert-OH is 1. The number of hydrogen-bond donors (Lipinski definition) is 3. The number of alkyl halides is 3. The molecule has 14 heteroatoms. The van der Waals surface area contributed by atoms with Crippen LogP contribution in [0.3, 0.4) is 0 Å². The molecule has 4 aromatic rings. The van der Waals surface area contributed by atoms with Crippen LogP contribution >= 0.6 is 12.1 Å². The molecule has 0 amide bonds. The summed E-state index contributed by atoms with van der Waals surface area (Å²) < 4.78 is 70.1. The van der Waals surface area contributed by atoms with Crippen LogP contribution in [-0.2, 0) is 0 Å². The van der Waals surface area contributed by atoms with Crippen molar-refractivity contribution in [1.29, 1.82) is 0 Å². The van der Waals surface area contributed by atoms with Crippen LogP contribution in [-0.4, -0.2) is 70.1 Å². The maximum atomic E-state index is 15.7. The van der Waals surface area contributed by atoms with Crippen LogP contribution in [0.2, 0.25) is 0 Å². The van der Waals surface area contributed by atoms with Crippen LogP contribution in [0.1, 0.15) is 6.92 Å². The molecule has 0 radical (unpaired) electrons. The summed E-state index contributed by atoms with van der Waals surface area (Å²) in [6.45, 7) is 8.47. The van der Waals surface area contributed by atoms with Gasteiger partial charge in [-0.3, -0.25) is 4.98 Å². The first-order valence-electron chi connectivity index (χ1n) is 13.6. The number of piperazine rings is 1. The van der Waals surface area contributed by atoms with E-state index in [1.807, 2.05) is 36.5 Å². The second-order valence-corrected chi connectivity index (χ2v) is 10.7. The molecule has 3 N–H and O–H groups in total. The Kier molecular flexibility index (Phi) is 10.8. The van der Waals surface area contributed by atoms with Gasteiger partial charge in [-0.15, -0.1) is 0 Å². The number of aliphatic hydroxyl groups is 1. The van der Waals surface area contributed by atoms with Gasteiger partial charge in [0, 0.05) is 85.8 Å². The van der Waals surface area contributed by atoms with Crippen LogP contribution < -0.4 is 14.9 Å². The Morgan fingerprint density at radius 2 is 1.77 bits per heavy atom. The van der Waals surface area contributed by atoms with Crippen LogP contribution in [0, 0.1) is 11.6 Å². The van der Waals surface area contributed by atoms with Gasteiger partial charge in [0.1, 0.15) is 11.4 Å². The third-order valence-electron chi connectivity index (χ3n) is 6.70. The molecule has 0 spiro atoms. The van der Waals surface area contributed by atoms with E-state index in [1.54, 1.807) is 48.9 Å². The molecule has 0 atom stereocenters. The summed E-state index contributed by atoms with van der Waals surface area (Å²) in [5.74, 6) is -2.54. The Hall–Kier alpha value is -4.14. The largest absolute Gasteiger partial charge is 0.505 e. The number of allylic oxidation sites excluding steroid dienone is 1. The minimum absolute atomic E-state index is 0.301. The van der Waals surface area contributed by atoms with Crippen molar-refractivity contribution in [3.8, 4) is 28.1 Å². The van der Waals surface area contributed by atoms with Crippen molar-refractivity contribution >= 4 is 23.5 Å². The zero-order valence-corrected chi connectivity index (χ0v) is 24.9. The summed E-state index contributed by atoms with van der Waals surface area (Å²) in [5.41, 5.74) is 3.75. The summed E-state index contributed by atoms with van der Waals surface area (Å²) in [4.78, 5) is 6.25. The highest BCUT2D eigenvalue weighted by Gasteiger charge is 2.31. The SMILES string of the molecule is C=C(O)C(F)(F)F.CCN(C)SNc1cccc(-c2cn(-c3ccc(N4CCNCC4)cc3F)nc2-c2ccncc2)c1F. The van der Waals surface area contributed by atoms with Gasteiger partial charge in [0.25, 0.3) is 0 Å². The first-order chi connectivity index (χ1) is 21.0. The van der Waals surface area contributed by atoms with E-state index in [-0.39, 0.29) is 5.82 Å². The van der Waals surface area contributed by atoms with Crippen molar-refractivity contribution in [3.63, 3.8) is 0 Å². The van der Waals surface area contributed by atoms with E-state index in [9.17, 15) is 13.2 Å². The normalized spacial score (nSPS) is 13.4. The average molecular weight is 634 g/mol. The Labute approximate surface area is 256 Å². The van der Waals surface area contributed by atoms with E-state index in [1.165, 1.54) is 16.8 Å². The van der Waals surface area contributed by atoms with E-state index in [0.717, 1.165) is 44.0 Å². The first kappa shape index (κ1) is 32.8. The lowest BCUT2D eigenvalue weighted by Crippen LogP contribution is -2.43. The summed E-state index contributed by atoms with van der Waals surface area (Å²) in [7, 11) is 1.92. The minimum atomic E-state index is -4.64. The zero-order valence-electron chi connectivity index (χ0n) is 24.1. The van der Waals surface area contributed by atoms with Gasteiger partial charge in [-0.25, -0.2) is 17.8 Å². The maximum absolute atomic E-state index is 15.7. The Morgan fingerprint density at radius 3 is 2.39 bits per heavy atom. The molecular weight excluding hydrogens is 601 g/mol. The first-order valence-corrected chi connectivity index (χ1v) is 14.4. The van der Waals surface area contributed by atoms with E-state index in [4.69, 9.17) is 10.2 Å². The quantitative estimate of drug-likeness (QED) is 0.111. The molecule has 1 aliphatic heterocycles. The monoisotopic (exact) mass is 633 g/mol. The molecule has 2 aromatic heterocycles. The molecule has 5 rings (SSSR count). The number of pyridine rings is 1. The number of benzene rings is 2. The van der Waals surface area contributed by atoms with Crippen molar-refractivity contribution in [2.45, 2.75) is 13.1 Å². The molecule has 1 fully saturated rings. The van der Waals surface area contributed by atoms with Crippen LogP contribution in [0.15, 0.2) is 79.5 Å². The van der Waals surface area contributed by atoms with Crippen LogP contribution in [0.5, 0.6) is 0 Å². The number of rotatable bonds is 8. The van der Waals surface area contributed by atoms with Gasteiger partial charge in [-0.2, -0.15) is 18.3 Å². The van der Waals surface area contributed by atoms with E-state index < -0.39 is 17.8 Å². The fourth-order valence-corrected chi connectivity index (χ4v) is 4.77. The molecule has 8 nitrogen and oxygen atoms in total. The molecule has 0 saturated carbocycles. The summed E-state index contributed by atoms with van der Waals surface area (Å²) >= 11 is 1.32. The lowest BCUT2D eigenvalue weighted by atomic mass is 10.0. The average Bonchev–Trinajstić information content (AvgIpc) is 3.46. The number of nitrogens with one attached hydrogen (secondary N) is 2. The molecule has 1 aliphatic rings. The molecule has 0 unspecified atom stereocenters. The fourth-order valence-electron chi connectivity index (χ4n) is 4.23. The van der Waals surface area contributed by atoms with Crippen molar-refractivity contribution in [3.05, 3.63) is 91.1 Å². The second kappa shape index (κ2) is 14.6. The third-order valence-corrected chi connectivity index (χ3v) is 7.58. The Balaban J connectivity index is 0.000000566. The molecule has 3 heterocycles. The smallest absolute Gasteiger partial charge is 0.448 e. The summed E-state index contributed by atoms with van der Waals surface area (Å²) in [6, 6.07) is 14.0. The highest BCUT2D eigenvalue weighted by atomic mass is 32.2. The van der Waals surface area contributed by atoms with Gasteiger partial charge in [0.15, 0.2) is 17.4 Å². The second-order valence-electron chi connectivity index (χ2n) is 9.69. The maximum Gasteiger partial charge on any atom is 0.448 e. The standard InChI is InChI=1S/C27H29F2N7S.C3H3F3O/c1-3-34(2)37-33-24-6-4-5-21(26(24)29)22-18-36(32-27(22)19-9-11-30-12-10-19)25-8-7-20(17-23(25)28)35-15-13-31-14-16-35;1-2(7)3(4,5)6/h4-12,17-18,31,33H,3,13-16H2,1-2H3;7H,1H2. The minimum Gasteiger partial charge on any atom is -0.505 e. The summed E-state index contributed by atoms with van der Waals surface area (Å²) in [6.07, 6.45) is 0.366. The lowest BCUT2D eigenvalue weighted by Gasteiger charge is -2.29. The van der Waals surface area contributed by atoms with E-state index in [2.05, 4.69) is 26.5 Å². The number of halogens is 5. The van der Waals surface area contributed by atoms with Crippen molar-refractivity contribution in [2.24, 2.45) is 0 Å². The molecule has 1 saturated heterocycles. The number of nitrogens with zero attached hydrogens (tertiary/aromatic N) is 5. The van der Waals surface area contributed by atoms with E-state index >= 15 is 8.78 Å². The topological polar surface area (TPSA) is 81.5 Å². The third kappa shape index (κ3) is 8.07. The Morgan fingerprint density at radius 1 is 1.09 bits per heavy atom. The van der Waals surface area contributed by atoms with Crippen molar-refractivity contribution < 1.29 is 27.1 Å². The van der Waals surface area contributed by atoms with Gasteiger partial charge in [-0.1, -0.05) is 25.6 Å². The molecular formula is C30H32F5N7OS. The predicted molar refractivity (Wildman–Crippen MR) is 165 cm³/mol. The zero-order chi connectivity index (χ0) is 31.9. The highest BCUT2D eigenvalue weighted by Crippen LogP contribution is 2.36. The summed E-state index contributed by atoms with van der Waals surface area (Å²) in [5, 5.41) is 15.6. The highest BCUT2D eigenvalue weighted by molar-refractivity contribution is 7.98. The van der Waals surface area contributed by atoms with Crippen molar-refractivity contribution in [2.75, 3.05) is 49.4 Å². The van der Waals surface area contributed by atoms with Gasteiger partial charge < -0.3 is 20.0 Å². The number of aromatic nitrogens is 3. The van der Waals surface area contributed by atoms with Gasteiger partial charge in [0.05, 0.1) is 5.69 Å². The van der Waals surface area contributed by atoms with Gasteiger partial charge >= 0.3 is 6.18 Å². The lowest BCUT2D eigenvalue weighted by molar-refractivity contribution is -0.119. The van der Waals surface area contributed by atoms with E-state index in [0.29, 0.717) is 28.2 Å². The van der Waals surface area contributed by atoms with Crippen LogP contribution in [0.25, 0.3) is 28.1 Å². The molecule has 44 heavy (non-hydrogen) atoms.